The second-order valence-electron chi connectivity index (χ2n) is 6.53. The first-order valence-corrected chi connectivity index (χ1v) is 9.98. The van der Waals surface area contributed by atoms with Crippen molar-refractivity contribution in [3.05, 3.63) is 40.2 Å². The summed E-state index contributed by atoms with van der Waals surface area (Å²) in [5, 5.41) is 0.591. The summed E-state index contributed by atoms with van der Waals surface area (Å²) < 4.78 is 50.4. The van der Waals surface area contributed by atoms with E-state index in [1.54, 1.807) is 0 Å². The van der Waals surface area contributed by atoms with Gasteiger partial charge in [0.05, 0.1) is 13.2 Å². The molecule has 2 aliphatic rings. The summed E-state index contributed by atoms with van der Waals surface area (Å²) in [7, 11) is 0. The van der Waals surface area contributed by atoms with Crippen LogP contribution in [0.15, 0.2) is 28.4 Å². The molecule has 160 valence electrons. The molecule has 0 N–H and O–H groups in total. The topological polar surface area (TPSA) is 99.4 Å². The Hall–Kier alpha value is -2.67. The van der Waals surface area contributed by atoms with Crippen LogP contribution in [-0.2, 0) is 17.5 Å². The Kier molecular flexibility index (Phi) is 5.64. The van der Waals surface area contributed by atoms with Crippen LogP contribution in [0, 0.1) is 0 Å². The molecule has 1 fully saturated rings. The van der Waals surface area contributed by atoms with Crippen molar-refractivity contribution in [1.82, 2.24) is 24.4 Å². The summed E-state index contributed by atoms with van der Waals surface area (Å²) in [5.41, 5.74) is -0.400. The van der Waals surface area contributed by atoms with Crippen LogP contribution in [0.5, 0.6) is 5.88 Å². The van der Waals surface area contributed by atoms with E-state index in [4.69, 9.17) is 9.47 Å². The predicted molar refractivity (Wildman–Crippen MR) is 97.4 cm³/mol. The molecule has 13 heteroatoms. The Morgan fingerprint density at radius 2 is 2.17 bits per heavy atom. The minimum atomic E-state index is -4.68. The van der Waals surface area contributed by atoms with E-state index in [1.807, 2.05) is 0 Å². The molecule has 1 saturated heterocycles. The highest BCUT2D eigenvalue weighted by Crippen LogP contribution is 2.27. The second kappa shape index (κ2) is 8.22. The highest BCUT2D eigenvalue weighted by atomic mass is 32.2. The molecule has 0 aliphatic carbocycles. The number of nitrogens with zero attached hydrogens (tertiary/aromatic N) is 5. The average molecular weight is 443 g/mol. The van der Waals surface area contributed by atoms with Gasteiger partial charge < -0.3 is 14.4 Å². The predicted octanol–water partition coefficient (Wildman–Crippen LogP) is 1.08. The Balaban J connectivity index is 1.40. The van der Waals surface area contributed by atoms with Gasteiger partial charge in [-0.2, -0.15) is 18.2 Å². The number of halogens is 3. The van der Waals surface area contributed by atoms with Crippen LogP contribution in [0.4, 0.5) is 13.2 Å². The standard InChI is InChI=1S/C17H16F3N5O4S/c18-17(19,20)15-21-2-1-12(23-15)29-9-10-8-24(3-5-28-10)13(26)11-7-22-16-25(14(11)27)4-6-30-16/h1-2,7,10H,3-6,8-9H2. The maximum absolute atomic E-state index is 12.8. The molecular weight excluding hydrogens is 427 g/mol. The largest absolute Gasteiger partial charge is 0.475 e. The van der Waals surface area contributed by atoms with Gasteiger partial charge in [0, 0.05) is 37.3 Å². The smallest absolute Gasteiger partial charge is 0.451 e. The van der Waals surface area contributed by atoms with Crippen molar-refractivity contribution in [2.75, 3.05) is 32.1 Å². The molecule has 2 aromatic rings. The number of carbonyl (C=O) groups is 1. The molecule has 1 unspecified atom stereocenters. The average Bonchev–Trinajstić information content (AvgIpc) is 3.22. The van der Waals surface area contributed by atoms with Crippen LogP contribution in [0.2, 0.25) is 0 Å². The molecule has 0 spiro atoms. The Morgan fingerprint density at radius 1 is 1.33 bits per heavy atom. The molecule has 4 rings (SSSR count). The van der Waals surface area contributed by atoms with E-state index in [2.05, 4.69) is 15.0 Å². The summed E-state index contributed by atoms with van der Waals surface area (Å²) in [6.07, 6.45) is -3.03. The van der Waals surface area contributed by atoms with E-state index < -0.39 is 24.0 Å². The van der Waals surface area contributed by atoms with Gasteiger partial charge in [0.2, 0.25) is 11.7 Å². The van der Waals surface area contributed by atoms with E-state index in [0.29, 0.717) is 11.7 Å². The third kappa shape index (κ3) is 4.26. The number of amides is 1. The first-order chi connectivity index (χ1) is 14.3. The fourth-order valence-electron chi connectivity index (χ4n) is 3.08. The lowest BCUT2D eigenvalue weighted by Gasteiger charge is -2.32. The van der Waals surface area contributed by atoms with Gasteiger partial charge in [-0.1, -0.05) is 11.8 Å². The number of hydrogen-bond donors (Lipinski definition) is 0. The zero-order valence-corrected chi connectivity index (χ0v) is 16.3. The fraction of sp³-hybridized carbons (Fsp3) is 0.471. The van der Waals surface area contributed by atoms with E-state index >= 15 is 0 Å². The lowest BCUT2D eigenvalue weighted by Crippen LogP contribution is -2.49. The van der Waals surface area contributed by atoms with Crippen molar-refractivity contribution < 1.29 is 27.4 Å². The summed E-state index contributed by atoms with van der Waals surface area (Å²) in [4.78, 5) is 37.5. The molecule has 2 aromatic heterocycles. The third-order valence-corrected chi connectivity index (χ3v) is 5.48. The van der Waals surface area contributed by atoms with Crippen molar-refractivity contribution in [3.63, 3.8) is 0 Å². The quantitative estimate of drug-likeness (QED) is 0.648. The number of alkyl halides is 3. The van der Waals surface area contributed by atoms with Crippen LogP contribution >= 0.6 is 11.8 Å². The Bertz CT molecular complexity index is 1020. The minimum Gasteiger partial charge on any atom is -0.475 e. The molecule has 30 heavy (non-hydrogen) atoms. The van der Waals surface area contributed by atoms with Crippen LogP contribution in [0.1, 0.15) is 16.2 Å². The number of hydrogen-bond acceptors (Lipinski definition) is 8. The van der Waals surface area contributed by atoms with Gasteiger partial charge in [0.1, 0.15) is 18.3 Å². The van der Waals surface area contributed by atoms with Gasteiger partial charge in [-0.05, 0) is 0 Å². The lowest BCUT2D eigenvalue weighted by molar-refractivity contribution is -0.145. The van der Waals surface area contributed by atoms with Gasteiger partial charge >= 0.3 is 6.18 Å². The molecule has 4 heterocycles. The van der Waals surface area contributed by atoms with Gasteiger partial charge in [0.15, 0.2) is 5.16 Å². The fourth-order valence-corrected chi connectivity index (χ4v) is 3.99. The lowest BCUT2D eigenvalue weighted by atomic mass is 10.2. The number of fused-ring (bicyclic) bond motifs is 1. The van der Waals surface area contributed by atoms with Crippen molar-refractivity contribution in [3.8, 4) is 5.88 Å². The molecule has 0 saturated carbocycles. The van der Waals surface area contributed by atoms with Crippen molar-refractivity contribution in [1.29, 1.82) is 0 Å². The summed E-state index contributed by atoms with van der Waals surface area (Å²) in [5.74, 6) is -1.28. The number of aromatic nitrogens is 4. The summed E-state index contributed by atoms with van der Waals surface area (Å²) >= 11 is 1.46. The first kappa shape index (κ1) is 20.6. The zero-order valence-electron chi connectivity index (χ0n) is 15.5. The van der Waals surface area contributed by atoms with E-state index in [-0.39, 0.29) is 43.3 Å². The Morgan fingerprint density at radius 3 is 2.97 bits per heavy atom. The monoisotopic (exact) mass is 443 g/mol. The molecule has 2 aliphatic heterocycles. The number of carbonyl (C=O) groups excluding carboxylic acids is 1. The van der Waals surface area contributed by atoms with Gasteiger partial charge in [-0.25, -0.2) is 9.97 Å². The molecule has 9 nitrogen and oxygen atoms in total. The van der Waals surface area contributed by atoms with Crippen molar-refractivity contribution in [2.45, 2.75) is 24.0 Å². The van der Waals surface area contributed by atoms with Crippen molar-refractivity contribution >= 4 is 17.7 Å². The number of morpholine rings is 1. The third-order valence-electron chi connectivity index (χ3n) is 4.51. The Labute approximate surface area is 172 Å². The van der Waals surface area contributed by atoms with E-state index in [9.17, 15) is 22.8 Å². The minimum absolute atomic E-state index is 0.0200. The number of rotatable bonds is 4. The molecular formula is C17H16F3N5O4S. The van der Waals surface area contributed by atoms with Crippen LogP contribution in [-0.4, -0.2) is 68.5 Å². The SMILES string of the molecule is O=C(c1cnc2n(c1=O)CCS2)N1CCOC(COc2ccnc(C(F)(F)F)n2)C1. The molecule has 0 radical (unpaired) electrons. The normalized spacial score (nSPS) is 18.9. The first-order valence-electron chi connectivity index (χ1n) is 8.99. The van der Waals surface area contributed by atoms with Gasteiger partial charge in [-0.15, -0.1) is 0 Å². The van der Waals surface area contributed by atoms with Crippen LogP contribution < -0.4 is 10.3 Å². The van der Waals surface area contributed by atoms with E-state index in [0.717, 1.165) is 11.9 Å². The second-order valence-corrected chi connectivity index (χ2v) is 7.59. The van der Waals surface area contributed by atoms with Crippen LogP contribution in [0.25, 0.3) is 0 Å². The van der Waals surface area contributed by atoms with Gasteiger partial charge in [-0.3, -0.25) is 14.2 Å². The molecule has 1 atom stereocenters. The molecule has 1 amide bonds. The van der Waals surface area contributed by atoms with Gasteiger partial charge in [0.25, 0.3) is 11.5 Å². The van der Waals surface area contributed by atoms with Crippen molar-refractivity contribution in [2.24, 2.45) is 0 Å². The number of thioether (sulfide) groups is 1. The van der Waals surface area contributed by atoms with Crippen LogP contribution in [0.3, 0.4) is 0 Å². The zero-order chi connectivity index (χ0) is 21.3. The summed E-state index contributed by atoms with van der Waals surface area (Å²) in [6, 6.07) is 1.20. The molecule has 0 bridgehead atoms. The number of ether oxygens (including phenoxy) is 2. The highest BCUT2D eigenvalue weighted by Gasteiger charge is 2.35. The van der Waals surface area contributed by atoms with E-state index in [1.165, 1.54) is 33.5 Å². The highest BCUT2D eigenvalue weighted by molar-refractivity contribution is 7.99. The molecule has 0 aromatic carbocycles. The maximum atomic E-state index is 12.8. The summed E-state index contributed by atoms with van der Waals surface area (Å²) in [6.45, 7) is 0.984. The maximum Gasteiger partial charge on any atom is 0.451 e.